The highest BCUT2D eigenvalue weighted by Gasteiger charge is 2.06. The first-order valence-electron chi connectivity index (χ1n) is 5.94. The molecule has 106 valence electrons. The Balaban J connectivity index is 2.08. The number of hydrogen-bond donors (Lipinski definition) is 2. The molecule has 2 aromatic rings. The van der Waals surface area contributed by atoms with E-state index in [2.05, 4.69) is 21.2 Å². The molecule has 0 aliphatic heterocycles. The summed E-state index contributed by atoms with van der Waals surface area (Å²) in [6, 6.07) is 12.4. The number of halogens is 1. The molecule has 0 bridgehead atoms. The second-order valence-corrected chi connectivity index (χ2v) is 7.38. The minimum atomic E-state index is -3.14. The molecule has 6 heteroatoms. The maximum Gasteiger partial charge on any atom is 0.175 e. The fourth-order valence-electron chi connectivity index (χ4n) is 1.73. The van der Waals surface area contributed by atoms with E-state index in [0.29, 0.717) is 17.1 Å². The van der Waals surface area contributed by atoms with Crippen molar-refractivity contribution in [3.05, 3.63) is 52.5 Å². The summed E-state index contributed by atoms with van der Waals surface area (Å²) in [6.07, 6.45) is 1.20. The number of benzene rings is 2. The van der Waals surface area contributed by atoms with Gasteiger partial charge in [-0.05, 0) is 51.8 Å². The lowest BCUT2D eigenvalue weighted by atomic mass is 10.2. The van der Waals surface area contributed by atoms with Crippen molar-refractivity contribution in [3.8, 4) is 0 Å². The zero-order valence-corrected chi connectivity index (χ0v) is 13.3. The Labute approximate surface area is 127 Å². The van der Waals surface area contributed by atoms with Gasteiger partial charge in [-0.15, -0.1) is 0 Å². The molecule has 0 radical (unpaired) electrons. The Kier molecular flexibility index (Phi) is 4.35. The topological polar surface area (TPSA) is 72.2 Å². The quantitative estimate of drug-likeness (QED) is 0.827. The van der Waals surface area contributed by atoms with E-state index >= 15 is 0 Å². The van der Waals surface area contributed by atoms with Crippen LogP contribution < -0.4 is 11.1 Å². The largest absolute Gasteiger partial charge is 0.399 e. The summed E-state index contributed by atoms with van der Waals surface area (Å²) in [5.41, 5.74) is 8.31. The molecule has 2 aromatic carbocycles. The standard InChI is InChI=1S/C14H15BrN2O2S/c1-20(18,19)12-5-2-10(3-6-12)9-17-14-7-4-11(16)8-13(14)15/h2-8,17H,9,16H2,1H3. The Bertz CT molecular complexity index is 712. The van der Waals surface area contributed by atoms with Gasteiger partial charge in [0.25, 0.3) is 0 Å². The van der Waals surface area contributed by atoms with Crippen LogP contribution >= 0.6 is 15.9 Å². The predicted molar refractivity (Wildman–Crippen MR) is 85.4 cm³/mol. The van der Waals surface area contributed by atoms with Crippen molar-refractivity contribution in [3.63, 3.8) is 0 Å². The van der Waals surface area contributed by atoms with E-state index < -0.39 is 9.84 Å². The third-order valence-electron chi connectivity index (χ3n) is 2.83. The van der Waals surface area contributed by atoms with Crippen LogP contribution in [0.15, 0.2) is 51.8 Å². The Morgan fingerprint density at radius 3 is 2.35 bits per heavy atom. The summed E-state index contributed by atoms with van der Waals surface area (Å²) in [5, 5.41) is 3.26. The maximum atomic E-state index is 11.4. The molecule has 0 spiro atoms. The molecule has 0 aliphatic rings. The van der Waals surface area contributed by atoms with Gasteiger partial charge in [-0.2, -0.15) is 0 Å². The van der Waals surface area contributed by atoms with Crippen molar-refractivity contribution < 1.29 is 8.42 Å². The number of nitrogen functional groups attached to an aromatic ring is 1. The van der Waals surface area contributed by atoms with E-state index in [1.807, 2.05) is 18.2 Å². The van der Waals surface area contributed by atoms with Crippen LogP contribution in [0.2, 0.25) is 0 Å². The second kappa shape index (κ2) is 5.85. The lowest BCUT2D eigenvalue weighted by molar-refractivity contribution is 0.602. The number of sulfone groups is 1. The molecule has 0 atom stereocenters. The van der Waals surface area contributed by atoms with Crippen LogP contribution in [0.4, 0.5) is 11.4 Å². The number of anilines is 2. The monoisotopic (exact) mass is 354 g/mol. The lowest BCUT2D eigenvalue weighted by Gasteiger charge is -2.09. The minimum Gasteiger partial charge on any atom is -0.399 e. The maximum absolute atomic E-state index is 11.4. The normalized spacial score (nSPS) is 11.3. The summed E-state index contributed by atoms with van der Waals surface area (Å²) >= 11 is 3.44. The molecular weight excluding hydrogens is 340 g/mol. The third kappa shape index (κ3) is 3.74. The van der Waals surface area contributed by atoms with Gasteiger partial charge >= 0.3 is 0 Å². The molecular formula is C14H15BrN2O2S. The van der Waals surface area contributed by atoms with Crippen LogP contribution in [0.3, 0.4) is 0 Å². The SMILES string of the molecule is CS(=O)(=O)c1ccc(CNc2ccc(N)cc2Br)cc1. The summed E-state index contributed by atoms with van der Waals surface area (Å²) in [4.78, 5) is 0.329. The summed E-state index contributed by atoms with van der Waals surface area (Å²) in [7, 11) is -3.14. The molecule has 2 rings (SSSR count). The molecule has 4 nitrogen and oxygen atoms in total. The first-order chi connectivity index (χ1) is 9.36. The zero-order chi connectivity index (χ0) is 14.8. The first-order valence-corrected chi connectivity index (χ1v) is 8.62. The van der Waals surface area contributed by atoms with Crippen LogP contribution in [0.5, 0.6) is 0 Å². The highest BCUT2D eigenvalue weighted by atomic mass is 79.9. The molecule has 0 fully saturated rings. The second-order valence-electron chi connectivity index (χ2n) is 4.51. The molecule has 0 heterocycles. The average Bonchev–Trinajstić information content (AvgIpc) is 2.37. The van der Waals surface area contributed by atoms with E-state index in [1.165, 1.54) is 6.26 Å². The van der Waals surface area contributed by atoms with E-state index in [0.717, 1.165) is 15.7 Å². The van der Waals surface area contributed by atoms with Gasteiger partial charge in [-0.3, -0.25) is 0 Å². The number of nitrogens with two attached hydrogens (primary N) is 1. The van der Waals surface area contributed by atoms with Crippen molar-refractivity contribution in [2.24, 2.45) is 0 Å². The zero-order valence-electron chi connectivity index (χ0n) is 10.9. The van der Waals surface area contributed by atoms with Gasteiger partial charge in [0.05, 0.1) is 4.90 Å². The molecule has 0 aromatic heterocycles. The molecule has 0 saturated heterocycles. The van der Waals surface area contributed by atoms with Gasteiger partial charge < -0.3 is 11.1 Å². The molecule has 0 saturated carbocycles. The van der Waals surface area contributed by atoms with E-state index in [4.69, 9.17) is 5.73 Å². The number of rotatable bonds is 4. The summed E-state index contributed by atoms with van der Waals surface area (Å²) < 4.78 is 23.6. The van der Waals surface area contributed by atoms with E-state index in [-0.39, 0.29) is 0 Å². The summed E-state index contributed by atoms with van der Waals surface area (Å²) in [5.74, 6) is 0. The van der Waals surface area contributed by atoms with Gasteiger partial charge in [0.15, 0.2) is 9.84 Å². The van der Waals surface area contributed by atoms with Gasteiger partial charge in [-0.25, -0.2) is 8.42 Å². The molecule has 20 heavy (non-hydrogen) atoms. The van der Waals surface area contributed by atoms with Crippen LogP contribution in [-0.4, -0.2) is 14.7 Å². The minimum absolute atomic E-state index is 0.329. The molecule has 0 aliphatic carbocycles. The third-order valence-corrected chi connectivity index (χ3v) is 4.61. The highest BCUT2D eigenvalue weighted by molar-refractivity contribution is 9.10. The Hall–Kier alpha value is -1.53. The molecule has 0 unspecified atom stereocenters. The molecule has 3 N–H and O–H groups in total. The fourth-order valence-corrected chi connectivity index (χ4v) is 2.89. The van der Waals surface area contributed by atoms with Crippen LogP contribution in [0.1, 0.15) is 5.56 Å². The highest BCUT2D eigenvalue weighted by Crippen LogP contribution is 2.25. The molecule has 0 amide bonds. The lowest BCUT2D eigenvalue weighted by Crippen LogP contribution is -2.02. The predicted octanol–water partition coefficient (Wildman–Crippen LogP) is 3.05. The number of hydrogen-bond acceptors (Lipinski definition) is 4. The van der Waals surface area contributed by atoms with Crippen LogP contribution in [0, 0.1) is 0 Å². The van der Waals surface area contributed by atoms with E-state index in [1.54, 1.807) is 24.3 Å². The van der Waals surface area contributed by atoms with Gasteiger partial charge in [0.1, 0.15) is 0 Å². The van der Waals surface area contributed by atoms with Crippen molar-refractivity contribution in [1.82, 2.24) is 0 Å². The van der Waals surface area contributed by atoms with Gasteiger partial charge in [0, 0.05) is 28.6 Å². The fraction of sp³-hybridized carbons (Fsp3) is 0.143. The Morgan fingerprint density at radius 2 is 1.80 bits per heavy atom. The Morgan fingerprint density at radius 1 is 1.15 bits per heavy atom. The van der Waals surface area contributed by atoms with Crippen LogP contribution in [0.25, 0.3) is 0 Å². The van der Waals surface area contributed by atoms with Crippen molar-refractivity contribution in [2.45, 2.75) is 11.4 Å². The van der Waals surface area contributed by atoms with Gasteiger partial charge in [-0.1, -0.05) is 12.1 Å². The van der Waals surface area contributed by atoms with E-state index in [9.17, 15) is 8.42 Å². The van der Waals surface area contributed by atoms with Crippen molar-refractivity contribution >= 4 is 37.1 Å². The van der Waals surface area contributed by atoms with Gasteiger partial charge in [0.2, 0.25) is 0 Å². The van der Waals surface area contributed by atoms with Crippen LogP contribution in [-0.2, 0) is 16.4 Å². The first kappa shape index (κ1) is 14.9. The average molecular weight is 355 g/mol. The van der Waals surface area contributed by atoms with Crippen molar-refractivity contribution in [2.75, 3.05) is 17.3 Å². The number of nitrogens with one attached hydrogen (secondary N) is 1. The summed E-state index contributed by atoms with van der Waals surface area (Å²) in [6.45, 7) is 0.604. The van der Waals surface area contributed by atoms with Crippen molar-refractivity contribution in [1.29, 1.82) is 0 Å². The smallest absolute Gasteiger partial charge is 0.175 e.